The van der Waals surface area contributed by atoms with Crippen LogP contribution in [-0.2, 0) is 14.3 Å². The van der Waals surface area contributed by atoms with Crippen LogP contribution in [0.1, 0.15) is 23.2 Å². The van der Waals surface area contributed by atoms with Gasteiger partial charge in [0.1, 0.15) is 6.04 Å². The molecule has 2 aliphatic rings. The number of hydrogen-bond acceptors (Lipinski definition) is 5. The summed E-state index contributed by atoms with van der Waals surface area (Å²) in [5.74, 6) is -0.681. The minimum Gasteiger partial charge on any atom is -0.467 e. The maximum absolute atomic E-state index is 12.9. The van der Waals surface area contributed by atoms with Crippen molar-refractivity contribution in [3.05, 3.63) is 35.9 Å². The summed E-state index contributed by atoms with van der Waals surface area (Å²) in [6.45, 7) is 2.55. The van der Waals surface area contributed by atoms with Crippen LogP contribution in [0.3, 0.4) is 0 Å². The molecule has 0 radical (unpaired) electrons. The summed E-state index contributed by atoms with van der Waals surface area (Å²) in [5, 5.41) is 3.24. The van der Waals surface area contributed by atoms with Crippen molar-refractivity contribution >= 4 is 17.8 Å². The molecule has 1 atom stereocenters. The fourth-order valence-electron chi connectivity index (χ4n) is 3.64. The maximum Gasteiger partial charge on any atom is 0.330 e. The number of piperidine rings is 1. The molecule has 1 N–H and O–H groups in total. The SMILES string of the molecule is COC(=O)[C@H]1CN(C(=O)c2ccccc2)CCN1C(=O)C1CCNCC1. The lowest BCUT2D eigenvalue weighted by molar-refractivity contribution is -0.157. The molecule has 26 heavy (non-hydrogen) atoms. The first-order chi connectivity index (χ1) is 12.6. The molecule has 0 aliphatic carbocycles. The largest absolute Gasteiger partial charge is 0.467 e. The zero-order valence-corrected chi connectivity index (χ0v) is 15.0. The first kappa shape index (κ1) is 18.4. The average molecular weight is 359 g/mol. The van der Waals surface area contributed by atoms with Crippen LogP contribution in [0.4, 0.5) is 0 Å². The third-order valence-electron chi connectivity index (χ3n) is 5.13. The van der Waals surface area contributed by atoms with Crippen molar-refractivity contribution in [2.24, 2.45) is 5.92 Å². The molecule has 7 nitrogen and oxygen atoms in total. The lowest BCUT2D eigenvalue weighted by Gasteiger charge is -2.41. The summed E-state index contributed by atoms with van der Waals surface area (Å²) < 4.78 is 4.91. The first-order valence-corrected chi connectivity index (χ1v) is 9.05. The van der Waals surface area contributed by atoms with E-state index in [4.69, 9.17) is 4.74 Å². The Morgan fingerprint density at radius 2 is 1.77 bits per heavy atom. The molecule has 2 heterocycles. The molecule has 0 saturated carbocycles. The van der Waals surface area contributed by atoms with E-state index in [-0.39, 0.29) is 24.3 Å². The van der Waals surface area contributed by atoms with E-state index in [0.29, 0.717) is 18.7 Å². The van der Waals surface area contributed by atoms with E-state index in [1.165, 1.54) is 7.11 Å². The number of nitrogens with one attached hydrogen (secondary N) is 1. The zero-order valence-electron chi connectivity index (χ0n) is 15.0. The number of piperazine rings is 1. The predicted molar refractivity (Wildman–Crippen MR) is 95.5 cm³/mol. The third kappa shape index (κ3) is 3.88. The Balaban J connectivity index is 1.74. The van der Waals surface area contributed by atoms with Gasteiger partial charge < -0.3 is 19.9 Å². The van der Waals surface area contributed by atoms with Crippen molar-refractivity contribution in [3.63, 3.8) is 0 Å². The molecule has 0 unspecified atom stereocenters. The molecular weight excluding hydrogens is 334 g/mol. The highest BCUT2D eigenvalue weighted by Crippen LogP contribution is 2.21. The number of amides is 2. The molecule has 3 rings (SSSR count). The van der Waals surface area contributed by atoms with Crippen molar-refractivity contribution in [1.29, 1.82) is 0 Å². The van der Waals surface area contributed by atoms with Gasteiger partial charge in [-0.3, -0.25) is 9.59 Å². The van der Waals surface area contributed by atoms with E-state index >= 15 is 0 Å². The summed E-state index contributed by atoms with van der Waals surface area (Å²) in [6, 6.07) is 8.22. The van der Waals surface area contributed by atoms with Gasteiger partial charge >= 0.3 is 5.97 Å². The van der Waals surface area contributed by atoms with Gasteiger partial charge in [-0.25, -0.2) is 4.79 Å². The van der Waals surface area contributed by atoms with Crippen LogP contribution < -0.4 is 5.32 Å². The van der Waals surface area contributed by atoms with E-state index in [9.17, 15) is 14.4 Å². The Bertz CT molecular complexity index is 658. The second kappa shape index (κ2) is 8.31. The van der Waals surface area contributed by atoms with Crippen molar-refractivity contribution in [2.75, 3.05) is 39.8 Å². The van der Waals surface area contributed by atoms with E-state index in [0.717, 1.165) is 25.9 Å². The monoisotopic (exact) mass is 359 g/mol. The molecule has 0 aromatic heterocycles. The Kier molecular flexibility index (Phi) is 5.88. The molecule has 1 aromatic carbocycles. The van der Waals surface area contributed by atoms with Crippen LogP contribution in [0.5, 0.6) is 0 Å². The molecule has 0 bridgehead atoms. The van der Waals surface area contributed by atoms with Crippen molar-refractivity contribution in [1.82, 2.24) is 15.1 Å². The number of carbonyl (C=O) groups is 3. The lowest BCUT2D eigenvalue weighted by atomic mass is 9.95. The Morgan fingerprint density at radius 1 is 1.08 bits per heavy atom. The number of carbonyl (C=O) groups excluding carboxylic acids is 3. The molecule has 2 fully saturated rings. The summed E-state index contributed by atoms with van der Waals surface area (Å²) >= 11 is 0. The van der Waals surface area contributed by atoms with Crippen LogP contribution in [-0.4, -0.2) is 73.5 Å². The zero-order chi connectivity index (χ0) is 18.5. The van der Waals surface area contributed by atoms with E-state index in [1.54, 1.807) is 21.9 Å². The van der Waals surface area contributed by atoms with Crippen molar-refractivity contribution in [2.45, 2.75) is 18.9 Å². The summed E-state index contributed by atoms with van der Waals surface area (Å²) in [7, 11) is 1.31. The Labute approximate surface area is 153 Å². The number of nitrogens with zero attached hydrogens (tertiary/aromatic N) is 2. The number of methoxy groups -OCH3 is 1. The van der Waals surface area contributed by atoms with Gasteiger partial charge in [0.15, 0.2) is 0 Å². The molecule has 7 heteroatoms. The van der Waals surface area contributed by atoms with Crippen LogP contribution in [0.2, 0.25) is 0 Å². The highest BCUT2D eigenvalue weighted by molar-refractivity contribution is 5.95. The molecule has 2 aliphatic heterocycles. The van der Waals surface area contributed by atoms with Gasteiger partial charge in [-0.1, -0.05) is 18.2 Å². The second-order valence-electron chi connectivity index (χ2n) is 6.71. The summed E-state index contributed by atoms with van der Waals surface area (Å²) in [4.78, 5) is 41.2. The maximum atomic E-state index is 12.9. The minimum atomic E-state index is -0.746. The van der Waals surface area contributed by atoms with Gasteiger partial charge in [0.2, 0.25) is 5.91 Å². The molecule has 1 aromatic rings. The fraction of sp³-hybridized carbons (Fsp3) is 0.526. The standard InChI is InChI=1S/C19H25N3O4/c1-26-19(25)16-13-21(17(23)14-5-3-2-4-6-14)11-12-22(16)18(24)15-7-9-20-10-8-15/h2-6,15-16,20H,7-13H2,1H3/t16-/m1/s1. The predicted octanol–water partition coefficient (Wildman–Crippen LogP) is 0.512. The van der Waals surface area contributed by atoms with Crippen LogP contribution in [0.25, 0.3) is 0 Å². The number of ether oxygens (including phenoxy) is 1. The van der Waals surface area contributed by atoms with Crippen molar-refractivity contribution < 1.29 is 19.1 Å². The van der Waals surface area contributed by atoms with Crippen LogP contribution in [0, 0.1) is 5.92 Å². The van der Waals surface area contributed by atoms with Crippen LogP contribution >= 0.6 is 0 Å². The van der Waals surface area contributed by atoms with E-state index < -0.39 is 12.0 Å². The Hall–Kier alpha value is -2.41. The fourth-order valence-corrected chi connectivity index (χ4v) is 3.64. The number of benzene rings is 1. The quantitative estimate of drug-likeness (QED) is 0.796. The summed E-state index contributed by atoms with van der Waals surface area (Å²) in [5.41, 5.74) is 0.578. The number of esters is 1. The average Bonchev–Trinajstić information content (AvgIpc) is 2.73. The molecular formula is C19H25N3O4. The van der Waals surface area contributed by atoms with Gasteiger partial charge in [-0.05, 0) is 38.1 Å². The molecule has 140 valence electrons. The van der Waals surface area contributed by atoms with Gasteiger partial charge in [0, 0.05) is 24.6 Å². The van der Waals surface area contributed by atoms with Gasteiger partial charge in [0.05, 0.1) is 13.7 Å². The number of hydrogen-bond donors (Lipinski definition) is 1. The van der Waals surface area contributed by atoms with Gasteiger partial charge in [-0.2, -0.15) is 0 Å². The van der Waals surface area contributed by atoms with E-state index in [1.807, 2.05) is 18.2 Å². The third-order valence-corrected chi connectivity index (χ3v) is 5.13. The number of rotatable bonds is 3. The Morgan fingerprint density at radius 3 is 2.42 bits per heavy atom. The topological polar surface area (TPSA) is 79.0 Å². The molecule has 2 saturated heterocycles. The highest BCUT2D eigenvalue weighted by atomic mass is 16.5. The first-order valence-electron chi connectivity index (χ1n) is 9.05. The lowest BCUT2D eigenvalue weighted by Crippen LogP contribution is -2.61. The molecule has 0 spiro atoms. The molecule has 2 amide bonds. The van der Waals surface area contributed by atoms with E-state index in [2.05, 4.69) is 5.32 Å². The normalized spacial score (nSPS) is 21.3. The highest BCUT2D eigenvalue weighted by Gasteiger charge is 2.40. The van der Waals surface area contributed by atoms with Crippen molar-refractivity contribution in [3.8, 4) is 0 Å². The van der Waals surface area contributed by atoms with Crippen LogP contribution in [0.15, 0.2) is 30.3 Å². The van der Waals surface area contributed by atoms with Gasteiger partial charge in [0.25, 0.3) is 5.91 Å². The minimum absolute atomic E-state index is 0.00582. The van der Waals surface area contributed by atoms with Gasteiger partial charge in [-0.15, -0.1) is 0 Å². The second-order valence-corrected chi connectivity index (χ2v) is 6.71. The summed E-state index contributed by atoms with van der Waals surface area (Å²) in [6.07, 6.45) is 1.55. The smallest absolute Gasteiger partial charge is 0.330 e.